The van der Waals surface area contributed by atoms with Gasteiger partial charge in [0.2, 0.25) is 5.75 Å². The van der Waals surface area contributed by atoms with Gasteiger partial charge in [-0.1, -0.05) is 12.1 Å². The number of anilines is 2. The van der Waals surface area contributed by atoms with Crippen LogP contribution in [0.25, 0.3) is 11.1 Å². The predicted octanol–water partition coefficient (Wildman–Crippen LogP) is 3.91. The third-order valence-corrected chi connectivity index (χ3v) is 3.53. The molecule has 0 aliphatic rings. The Hall–Kier alpha value is -2.89. The van der Waals surface area contributed by atoms with Crippen molar-refractivity contribution in [3.63, 3.8) is 0 Å². The number of rotatable bonds is 5. The molecule has 1 heterocycles. The van der Waals surface area contributed by atoms with E-state index >= 15 is 0 Å². The van der Waals surface area contributed by atoms with Gasteiger partial charge >= 0.3 is 0 Å². The molecule has 1 N–H and O–H groups in total. The number of nitrogens with zero attached hydrogens (tertiary/aromatic N) is 1. The van der Waals surface area contributed by atoms with Crippen molar-refractivity contribution in [2.75, 3.05) is 26.6 Å². The third kappa shape index (κ3) is 2.75. The molecule has 0 saturated carbocycles. The van der Waals surface area contributed by atoms with E-state index in [9.17, 15) is 0 Å². The molecule has 0 atom stereocenters. The first-order chi connectivity index (χ1) is 11.2. The highest BCUT2D eigenvalue weighted by molar-refractivity contribution is 5.78. The summed E-state index contributed by atoms with van der Waals surface area (Å²) in [6.07, 6.45) is 0. The highest BCUT2D eigenvalue weighted by atomic mass is 16.5. The summed E-state index contributed by atoms with van der Waals surface area (Å²) in [6, 6.07) is 9.84. The van der Waals surface area contributed by atoms with Crippen molar-refractivity contribution < 1.29 is 18.6 Å². The van der Waals surface area contributed by atoms with Crippen LogP contribution in [0.3, 0.4) is 0 Å². The number of nitrogens with one attached hydrogen (secondary N) is 1. The normalized spacial score (nSPS) is 10.6. The average molecular weight is 314 g/mol. The van der Waals surface area contributed by atoms with Crippen LogP contribution in [-0.4, -0.2) is 26.3 Å². The van der Waals surface area contributed by atoms with Crippen LogP contribution in [0.5, 0.6) is 17.2 Å². The van der Waals surface area contributed by atoms with Gasteiger partial charge in [-0.3, -0.25) is 0 Å². The monoisotopic (exact) mass is 314 g/mol. The van der Waals surface area contributed by atoms with E-state index in [1.807, 2.05) is 25.1 Å². The van der Waals surface area contributed by atoms with Crippen LogP contribution >= 0.6 is 0 Å². The number of aryl methyl sites for hydroxylation is 1. The number of para-hydroxylation sites is 1. The van der Waals surface area contributed by atoms with Crippen LogP contribution in [0.4, 0.5) is 11.7 Å². The van der Waals surface area contributed by atoms with Crippen LogP contribution in [0.15, 0.2) is 34.7 Å². The molecule has 1 aromatic heterocycles. The Morgan fingerprint density at radius 2 is 1.70 bits per heavy atom. The molecule has 0 fully saturated rings. The second-order valence-corrected chi connectivity index (χ2v) is 4.98. The zero-order valence-electron chi connectivity index (χ0n) is 13.5. The quantitative estimate of drug-likeness (QED) is 0.770. The number of hydrogen-bond acceptors (Lipinski definition) is 6. The largest absolute Gasteiger partial charge is 0.493 e. The van der Waals surface area contributed by atoms with E-state index in [2.05, 4.69) is 10.3 Å². The van der Waals surface area contributed by atoms with Crippen LogP contribution in [-0.2, 0) is 0 Å². The van der Waals surface area contributed by atoms with Gasteiger partial charge < -0.3 is 23.9 Å². The van der Waals surface area contributed by atoms with Crippen molar-refractivity contribution in [2.24, 2.45) is 0 Å². The number of fused-ring (bicyclic) bond motifs is 1. The van der Waals surface area contributed by atoms with Gasteiger partial charge in [0.25, 0.3) is 6.01 Å². The fraction of sp³-hybridized carbons (Fsp3) is 0.235. The summed E-state index contributed by atoms with van der Waals surface area (Å²) in [6.45, 7) is 1.98. The molecule has 3 rings (SSSR count). The third-order valence-electron chi connectivity index (χ3n) is 3.53. The molecule has 0 aliphatic heterocycles. The SMILES string of the molecule is COc1cc(Nc2nc3cccc(C)c3o2)cc(OC)c1OC. The second-order valence-electron chi connectivity index (χ2n) is 4.98. The van der Waals surface area contributed by atoms with E-state index in [-0.39, 0.29) is 0 Å². The lowest BCUT2D eigenvalue weighted by molar-refractivity contribution is 0.324. The van der Waals surface area contributed by atoms with Crippen molar-refractivity contribution >= 4 is 22.8 Å². The molecule has 0 radical (unpaired) electrons. The van der Waals surface area contributed by atoms with Gasteiger partial charge in [-0.25, -0.2) is 0 Å². The van der Waals surface area contributed by atoms with Gasteiger partial charge in [0.1, 0.15) is 5.52 Å². The van der Waals surface area contributed by atoms with E-state index < -0.39 is 0 Å². The van der Waals surface area contributed by atoms with E-state index in [0.29, 0.717) is 23.3 Å². The Labute approximate surface area is 134 Å². The van der Waals surface area contributed by atoms with Crippen molar-refractivity contribution in [3.05, 3.63) is 35.9 Å². The summed E-state index contributed by atoms with van der Waals surface area (Å²) in [5.41, 5.74) is 3.33. The number of methoxy groups -OCH3 is 3. The molecule has 23 heavy (non-hydrogen) atoms. The Kier molecular flexibility index (Phi) is 3.97. The molecule has 0 saturated heterocycles. The molecule has 6 heteroatoms. The number of aromatic nitrogens is 1. The van der Waals surface area contributed by atoms with Crippen LogP contribution in [0.2, 0.25) is 0 Å². The molecule has 0 amide bonds. The molecule has 0 unspecified atom stereocenters. The van der Waals surface area contributed by atoms with Crippen LogP contribution in [0, 0.1) is 6.92 Å². The molecule has 6 nitrogen and oxygen atoms in total. The summed E-state index contributed by atoms with van der Waals surface area (Å²) in [5, 5.41) is 3.13. The highest BCUT2D eigenvalue weighted by Gasteiger charge is 2.15. The minimum Gasteiger partial charge on any atom is -0.493 e. The van der Waals surface area contributed by atoms with Gasteiger partial charge in [0.15, 0.2) is 17.1 Å². The molecular formula is C17H18N2O4. The van der Waals surface area contributed by atoms with E-state index in [4.69, 9.17) is 18.6 Å². The Balaban J connectivity index is 1.99. The lowest BCUT2D eigenvalue weighted by Crippen LogP contribution is -1.97. The Bertz CT molecular complexity index is 817. The molecule has 0 aliphatic carbocycles. The van der Waals surface area contributed by atoms with Crippen LogP contribution in [0.1, 0.15) is 5.56 Å². The lowest BCUT2D eigenvalue weighted by Gasteiger charge is -2.14. The summed E-state index contributed by atoms with van der Waals surface area (Å²) in [7, 11) is 4.71. The van der Waals surface area contributed by atoms with Gasteiger partial charge in [-0.2, -0.15) is 4.98 Å². The molecular weight excluding hydrogens is 296 g/mol. The minimum absolute atomic E-state index is 0.406. The first-order valence-electron chi connectivity index (χ1n) is 7.09. The second kappa shape index (κ2) is 6.08. The minimum atomic E-state index is 0.406. The van der Waals surface area contributed by atoms with Gasteiger partial charge in [0, 0.05) is 17.8 Å². The maximum atomic E-state index is 5.77. The fourth-order valence-corrected chi connectivity index (χ4v) is 2.42. The van der Waals surface area contributed by atoms with Crippen molar-refractivity contribution in [1.82, 2.24) is 4.98 Å². The smallest absolute Gasteiger partial charge is 0.300 e. The van der Waals surface area contributed by atoms with E-state index in [1.54, 1.807) is 33.5 Å². The molecule has 120 valence electrons. The molecule has 2 aromatic carbocycles. The van der Waals surface area contributed by atoms with Crippen molar-refractivity contribution in [2.45, 2.75) is 6.92 Å². The number of benzene rings is 2. The summed E-state index contributed by atoms with van der Waals surface area (Å²) >= 11 is 0. The number of oxazole rings is 1. The van der Waals surface area contributed by atoms with Crippen molar-refractivity contribution in [1.29, 1.82) is 0 Å². The zero-order chi connectivity index (χ0) is 16.4. The maximum absolute atomic E-state index is 5.77. The summed E-state index contributed by atoms with van der Waals surface area (Å²) in [4.78, 5) is 4.43. The first kappa shape index (κ1) is 15.0. The van der Waals surface area contributed by atoms with E-state index in [1.165, 1.54) is 0 Å². The Morgan fingerprint density at radius 1 is 1.00 bits per heavy atom. The summed E-state index contributed by atoms with van der Waals surface area (Å²) in [5.74, 6) is 1.65. The standard InChI is InChI=1S/C17H18N2O4/c1-10-6-5-7-12-15(10)23-17(19-12)18-11-8-13(20-2)16(22-4)14(9-11)21-3/h5-9H,1-4H3,(H,18,19). The van der Waals surface area contributed by atoms with Gasteiger partial charge in [-0.15, -0.1) is 0 Å². The Morgan fingerprint density at radius 3 is 2.26 bits per heavy atom. The lowest BCUT2D eigenvalue weighted by atomic mass is 10.2. The van der Waals surface area contributed by atoms with Gasteiger partial charge in [0.05, 0.1) is 21.3 Å². The summed E-state index contributed by atoms with van der Waals surface area (Å²) < 4.78 is 21.8. The average Bonchev–Trinajstić information content (AvgIpc) is 2.97. The molecule has 3 aromatic rings. The molecule has 0 spiro atoms. The molecule has 0 bridgehead atoms. The zero-order valence-corrected chi connectivity index (χ0v) is 13.5. The number of hydrogen-bond donors (Lipinski definition) is 1. The van der Waals surface area contributed by atoms with Gasteiger partial charge in [-0.05, 0) is 18.6 Å². The van der Waals surface area contributed by atoms with Crippen LogP contribution < -0.4 is 19.5 Å². The predicted molar refractivity (Wildman–Crippen MR) is 88.1 cm³/mol. The highest BCUT2D eigenvalue weighted by Crippen LogP contribution is 2.40. The first-order valence-corrected chi connectivity index (χ1v) is 7.09. The maximum Gasteiger partial charge on any atom is 0.300 e. The van der Waals surface area contributed by atoms with E-state index in [0.717, 1.165) is 22.4 Å². The topological polar surface area (TPSA) is 65.8 Å². The fourth-order valence-electron chi connectivity index (χ4n) is 2.42. The van der Waals surface area contributed by atoms with Crippen molar-refractivity contribution in [3.8, 4) is 17.2 Å². The number of ether oxygens (including phenoxy) is 3.